The number of rotatable bonds is 12. The van der Waals surface area contributed by atoms with Crippen LogP contribution in [0.2, 0.25) is 0 Å². The molecule has 0 rings (SSSR count). The summed E-state index contributed by atoms with van der Waals surface area (Å²) < 4.78 is 15.4. The fourth-order valence-corrected chi connectivity index (χ4v) is 1.42. The quantitative estimate of drug-likeness (QED) is 0.402. The van der Waals surface area contributed by atoms with Gasteiger partial charge in [0.25, 0.3) is 0 Å². The summed E-state index contributed by atoms with van der Waals surface area (Å²) in [6.45, 7) is 11.7. The molecule has 0 N–H and O–H groups in total. The summed E-state index contributed by atoms with van der Waals surface area (Å²) in [5.41, 5.74) is -0.751. The summed E-state index contributed by atoms with van der Waals surface area (Å²) in [6.07, 6.45) is 3.74. The van der Waals surface area contributed by atoms with Crippen molar-refractivity contribution in [1.82, 2.24) is 0 Å². The molecule has 0 aliphatic heterocycles. The van der Waals surface area contributed by atoms with Crippen LogP contribution in [0.25, 0.3) is 0 Å². The lowest BCUT2D eigenvalue weighted by molar-refractivity contribution is -0.152. The summed E-state index contributed by atoms with van der Waals surface area (Å²) in [7, 11) is 0. The molecular formula is C16H22O6. The van der Waals surface area contributed by atoms with E-state index in [1.807, 2.05) is 6.92 Å². The number of hydrogen-bond acceptors (Lipinski definition) is 6. The van der Waals surface area contributed by atoms with Crippen LogP contribution in [0.4, 0.5) is 0 Å². The number of hydrogen-bond donors (Lipinski definition) is 0. The molecule has 0 spiro atoms. The molecule has 0 aliphatic carbocycles. The highest BCUT2D eigenvalue weighted by atomic mass is 16.6. The number of ether oxygens (including phenoxy) is 3. The molecule has 0 radical (unpaired) electrons. The molecule has 0 saturated carbocycles. The minimum atomic E-state index is -0.751. The molecule has 122 valence electrons. The zero-order valence-electron chi connectivity index (χ0n) is 12.8. The maximum Gasteiger partial charge on any atom is 0.330 e. The molecule has 22 heavy (non-hydrogen) atoms. The van der Waals surface area contributed by atoms with E-state index in [1.165, 1.54) is 0 Å². The van der Waals surface area contributed by atoms with Crippen LogP contribution in [0.15, 0.2) is 38.0 Å². The van der Waals surface area contributed by atoms with Gasteiger partial charge in [-0.05, 0) is 12.5 Å². The van der Waals surface area contributed by atoms with Crippen LogP contribution in [0, 0.1) is 5.41 Å². The van der Waals surface area contributed by atoms with E-state index in [0.717, 1.165) is 18.2 Å². The van der Waals surface area contributed by atoms with Gasteiger partial charge in [-0.15, -0.1) is 0 Å². The van der Waals surface area contributed by atoms with Crippen molar-refractivity contribution < 1.29 is 28.6 Å². The smallest absolute Gasteiger partial charge is 0.330 e. The zero-order valence-corrected chi connectivity index (χ0v) is 12.8. The molecule has 0 atom stereocenters. The van der Waals surface area contributed by atoms with Crippen molar-refractivity contribution in [1.29, 1.82) is 0 Å². The molecule has 0 fully saturated rings. The largest absolute Gasteiger partial charge is 0.462 e. The average molecular weight is 310 g/mol. The highest BCUT2D eigenvalue weighted by molar-refractivity contribution is 5.90. The van der Waals surface area contributed by atoms with Gasteiger partial charge >= 0.3 is 11.9 Å². The molecule has 6 nitrogen and oxygen atoms in total. The first kappa shape index (κ1) is 19.8. The lowest BCUT2D eigenvalue weighted by Crippen LogP contribution is -2.38. The van der Waals surface area contributed by atoms with Crippen LogP contribution in [-0.4, -0.2) is 44.1 Å². The molecular weight excluding hydrogens is 288 g/mol. The highest BCUT2D eigenvalue weighted by Crippen LogP contribution is 2.24. The Kier molecular flexibility index (Phi) is 9.45. The van der Waals surface area contributed by atoms with Gasteiger partial charge in [-0.3, -0.25) is 4.79 Å². The number of carbonyl (C=O) groups is 3. The zero-order chi connectivity index (χ0) is 17.0. The summed E-state index contributed by atoms with van der Waals surface area (Å²) in [6, 6.07) is 0. The molecule has 0 amide bonds. The van der Waals surface area contributed by atoms with Gasteiger partial charge in [-0.25, -0.2) is 9.59 Å². The van der Waals surface area contributed by atoms with Gasteiger partial charge in [-0.1, -0.05) is 26.7 Å². The SMILES string of the molecule is C=CC(=O)COCC(CC)(COC(=O)C=C)COC(=O)C=C. The van der Waals surface area contributed by atoms with Gasteiger partial charge in [0.15, 0.2) is 5.78 Å². The van der Waals surface area contributed by atoms with Gasteiger partial charge in [0.2, 0.25) is 0 Å². The van der Waals surface area contributed by atoms with Crippen molar-refractivity contribution in [3.63, 3.8) is 0 Å². The second kappa shape index (κ2) is 10.5. The Hall–Kier alpha value is -2.21. The van der Waals surface area contributed by atoms with Gasteiger partial charge in [0.1, 0.15) is 19.8 Å². The monoisotopic (exact) mass is 310 g/mol. The second-order valence-corrected chi connectivity index (χ2v) is 4.64. The van der Waals surface area contributed by atoms with Crippen LogP contribution in [0.3, 0.4) is 0 Å². The lowest BCUT2D eigenvalue weighted by atomic mass is 9.88. The average Bonchev–Trinajstić information content (AvgIpc) is 2.55. The van der Waals surface area contributed by atoms with E-state index in [4.69, 9.17) is 14.2 Å². The van der Waals surface area contributed by atoms with E-state index >= 15 is 0 Å². The maximum atomic E-state index is 11.2. The lowest BCUT2D eigenvalue weighted by Gasteiger charge is -2.30. The van der Waals surface area contributed by atoms with Crippen LogP contribution in [0.5, 0.6) is 0 Å². The van der Waals surface area contributed by atoms with Crippen molar-refractivity contribution in [2.45, 2.75) is 13.3 Å². The Morgan fingerprint density at radius 1 is 0.909 bits per heavy atom. The van der Waals surface area contributed by atoms with Crippen molar-refractivity contribution in [2.24, 2.45) is 5.41 Å². The highest BCUT2D eigenvalue weighted by Gasteiger charge is 2.32. The van der Waals surface area contributed by atoms with Gasteiger partial charge in [0, 0.05) is 12.2 Å². The topological polar surface area (TPSA) is 78.9 Å². The maximum absolute atomic E-state index is 11.2. The minimum Gasteiger partial charge on any atom is -0.462 e. The van der Waals surface area contributed by atoms with E-state index in [1.54, 1.807) is 0 Å². The normalized spacial score (nSPS) is 10.4. The predicted molar refractivity (Wildman–Crippen MR) is 81.1 cm³/mol. The molecule has 0 unspecified atom stereocenters. The van der Waals surface area contributed by atoms with Crippen molar-refractivity contribution in [3.8, 4) is 0 Å². The summed E-state index contributed by atoms with van der Waals surface area (Å²) in [5, 5.41) is 0. The van der Waals surface area contributed by atoms with Crippen LogP contribution < -0.4 is 0 Å². The molecule has 0 saturated heterocycles. The van der Waals surface area contributed by atoms with Crippen LogP contribution >= 0.6 is 0 Å². The first-order valence-corrected chi connectivity index (χ1v) is 6.74. The minimum absolute atomic E-state index is 0.0267. The van der Waals surface area contributed by atoms with Crippen molar-refractivity contribution in [3.05, 3.63) is 38.0 Å². The van der Waals surface area contributed by atoms with E-state index in [2.05, 4.69) is 19.7 Å². The third-order valence-corrected chi connectivity index (χ3v) is 3.00. The number of esters is 2. The Labute approximate surface area is 130 Å². The fraction of sp³-hybridized carbons (Fsp3) is 0.438. The number of ketones is 1. The van der Waals surface area contributed by atoms with Crippen LogP contribution in [0.1, 0.15) is 13.3 Å². The molecule has 0 aromatic rings. The summed E-state index contributed by atoms with van der Waals surface area (Å²) >= 11 is 0. The molecule has 0 aromatic heterocycles. The third-order valence-electron chi connectivity index (χ3n) is 3.00. The molecule has 0 bridgehead atoms. The molecule has 0 aromatic carbocycles. The first-order chi connectivity index (χ1) is 10.4. The summed E-state index contributed by atoms with van der Waals surface area (Å²) in [5.74, 6) is -1.44. The van der Waals surface area contributed by atoms with E-state index in [0.29, 0.717) is 6.42 Å². The van der Waals surface area contributed by atoms with E-state index < -0.39 is 17.4 Å². The van der Waals surface area contributed by atoms with Gasteiger partial charge < -0.3 is 14.2 Å². The standard InChI is InChI=1S/C16H22O6/c1-5-13(17)9-20-10-16(8-4,11-21-14(18)6-2)12-22-15(19)7-3/h5-7H,1-3,8-12H2,4H3. The fourth-order valence-electron chi connectivity index (χ4n) is 1.42. The van der Waals surface area contributed by atoms with Gasteiger partial charge in [0.05, 0.1) is 12.0 Å². The second-order valence-electron chi connectivity index (χ2n) is 4.64. The molecule has 6 heteroatoms. The van der Waals surface area contributed by atoms with Gasteiger partial charge in [-0.2, -0.15) is 0 Å². The third kappa shape index (κ3) is 7.54. The van der Waals surface area contributed by atoms with E-state index in [9.17, 15) is 14.4 Å². The Morgan fingerprint density at radius 3 is 1.77 bits per heavy atom. The Morgan fingerprint density at radius 2 is 1.41 bits per heavy atom. The van der Waals surface area contributed by atoms with Crippen molar-refractivity contribution >= 4 is 17.7 Å². The Balaban J connectivity index is 4.79. The molecule has 0 heterocycles. The van der Waals surface area contributed by atoms with E-state index in [-0.39, 0.29) is 32.2 Å². The van der Waals surface area contributed by atoms with Crippen LogP contribution in [-0.2, 0) is 28.6 Å². The Bertz CT molecular complexity index is 414. The first-order valence-electron chi connectivity index (χ1n) is 6.74. The summed E-state index contributed by atoms with van der Waals surface area (Å²) in [4.78, 5) is 33.6. The van der Waals surface area contributed by atoms with Crippen molar-refractivity contribution in [2.75, 3.05) is 26.4 Å². The predicted octanol–water partition coefficient (Wildman–Crippen LogP) is 1.61. The molecule has 0 aliphatic rings. The number of carbonyl (C=O) groups excluding carboxylic acids is 3.